The number of halogens is 2. The predicted molar refractivity (Wildman–Crippen MR) is 76.4 cm³/mol. The third-order valence-corrected chi connectivity index (χ3v) is 2.43. The summed E-state index contributed by atoms with van der Waals surface area (Å²) in [6.07, 6.45) is 1.57. The van der Waals surface area contributed by atoms with Crippen molar-refractivity contribution in [2.75, 3.05) is 11.5 Å². The van der Waals surface area contributed by atoms with Crippen LogP contribution in [-0.2, 0) is 0 Å². The maximum atomic E-state index is 5.83. The van der Waals surface area contributed by atoms with Crippen LogP contribution in [0.2, 0.25) is 0 Å². The Bertz CT molecular complexity index is 508. The first kappa shape index (κ1) is 15.6. The lowest BCUT2D eigenvalue weighted by molar-refractivity contribution is 0.882. The maximum absolute atomic E-state index is 5.83. The van der Waals surface area contributed by atoms with Gasteiger partial charge in [0.05, 0.1) is 17.6 Å². The summed E-state index contributed by atoms with van der Waals surface area (Å²) in [5.41, 5.74) is 15.3. The van der Waals surface area contributed by atoms with E-state index in [9.17, 15) is 0 Å². The molecule has 0 bridgehead atoms. The molecular weight excluding hydrogens is 259 g/mol. The zero-order valence-corrected chi connectivity index (χ0v) is 11.3. The van der Waals surface area contributed by atoms with Crippen LogP contribution in [-0.4, -0.2) is 9.78 Å². The van der Waals surface area contributed by atoms with Gasteiger partial charge in [0.1, 0.15) is 5.82 Å². The summed E-state index contributed by atoms with van der Waals surface area (Å²) in [5, 5.41) is 4.15. The molecule has 0 saturated carbocycles. The normalized spacial score (nSPS) is 9.29. The quantitative estimate of drug-likeness (QED) is 0.840. The van der Waals surface area contributed by atoms with Crippen LogP contribution >= 0.6 is 24.8 Å². The van der Waals surface area contributed by atoms with Gasteiger partial charge < -0.3 is 11.5 Å². The molecule has 0 radical (unpaired) electrons. The second-order valence-electron chi connectivity index (χ2n) is 3.69. The Hall–Kier alpha value is -1.39. The van der Waals surface area contributed by atoms with Gasteiger partial charge in [-0.05, 0) is 31.0 Å². The van der Waals surface area contributed by atoms with Crippen molar-refractivity contribution in [1.29, 1.82) is 0 Å². The SMILES string of the molecule is Cc1ccc(C)c(-n2ncc(N)c2N)c1.Cl.Cl. The van der Waals surface area contributed by atoms with Crippen LogP contribution in [0.4, 0.5) is 11.5 Å². The molecule has 0 atom stereocenters. The molecule has 0 unspecified atom stereocenters. The van der Waals surface area contributed by atoms with E-state index in [4.69, 9.17) is 11.5 Å². The van der Waals surface area contributed by atoms with Gasteiger partial charge in [0.25, 0.3) is 0 Å². The van der Waals surface area contributed by atoms with E-state index in [-0.39, 0.29) is 24.8 Å². The molecule has 0 spiro atoms. The topological polar surface area (TPSA) is 69.9 Å². The molecule has 1 aromatic heterocycles. The van der Waals surface area contributed by atoms with E-state index in [1.807, 2.05) is 26.0 Å². The van der Waals surface area contributed by atoms with Gasteiger partial charge in [0.15, 0.2) is 0 Å². The number of benzene rings is 1. The molecule has 2 aromatic rings. The third-order valence-electron chi connectivity index (χ3n) is 2.43. The largest absolute Gasteiger partial charge is 0.394 e. The Morgan fingerprint density at radius 2 is 1.76 bits per heavy atom. The minimum atomic E-state index is 0. The van der Waals surface area contributed by atoms with E-state index in [1.54, 1.807) is 10.9 Å². The van der Waals surface area contributed by atoms with Crippen molar-refractivity contribution in [1.82, 2.24) is 9.78 Å². The average molecular weight is 275 g/mol. The van der Waals surface area contributed by atoms with Crippen LogP contribution in [0.25, 0.3) is 5.69 Å². The zero-order valence-electron chi connectivity index (χ0n) is 9.68. The van der Waals surface area contributed by atoms with E-state index in [2.05, 4.69) is 11.2 Å². The molecule has 94 valence electrons. The van der Waals surface area contributed by atoms with E-state index in [0.717, 1.165) is 11.3 Å². The summed E-state index contributed by atoms with van der Waals surface area (Å²) in [5.74, 6) is 0.490. The van der Waals surface area contributed by atoms with Crippen molar-refractivity contribution in [3.63, 3.8) is 0 Å². The highest BCUT2D eigenvalue weighted by molar-refractivity contribution is 5.85. The molecule has 1 aromatic carbocycles. The molecule has 0 aliphatic heterocycles. The smallest absolute Gasteiger partial charge is 0.150 e. The van der Waals surface area contributed by atoms with Gasteiger partial charge in [0, 0.05) is 0 Å². The molecule has 4 N–H and O–H groups in total. The van der Waals surface area contributed by atoms with Crippen LogP contribution in [0.15, 0.2) is 24.4 Å². The van der Waals surface area contributed by atoms with Gasteiger partial charge in [-0.2, -0.15) is 5.10 Å². The number of hydrogen-bond donors (Lipinski definition) is 2. The average Bonchev–Trinajstić information content (AvgIpc) is 2.52. The zero-order chi connectivity index (χ0) is 11.0. The minimum absolute atomic E-state index is 0. The number of rotatable bonds is 1. The van der Waals surface area contributed by atoms with Gasteiger partial charge in [-0.1, -0.05) is 12.1 Å². The third kappa shape index (κ3) is 2.84. The van der Waals surface area contributed by atoms with Gasteiger partial charge in [-0.25, -0.2) is 4.68 Å². The van der Waals surface area contributed by atoms with Crippen LogP contribution in [0, 0.1) is 13.8 Å². The molecule has 0 saturated heterocycles. The molecule has 4 nitrogen and oxygen atoms in total. The summed E-state index contributed by atoms with van der Waals surface area (Å²) in [7, 11) is 0. The van der Waals surface area contributed by atoms with Gasteiger partial charge in [-0.15, -0.1) is 24.8 Å². The lowest BCUT2D eigenvalue weighted by Crippen LogP contribution is -2.05. The summed E-state index contributed by atoms with van der Waals surface area (Å²) in [6, 6.07) is 6.14. The molecular formula is C11H16Cl2N4. The molecule has 0 aliphatic carbocycles. The highest BCUT2D eigenvalue weighted by Gasteiger charge is 2.08. The fourth-order valence-electron chi connectivity index (χ4n) is 1.51. The Morgan fingerprint density at radius 1 is 1.12 bits per heavy atom. The maximum Gasteiger partial charge on any atom is 0.150 e. The summed E-state index contributed by atoms with van der Waals surface area (Å²) in [6.45, 7) is 4.05. The summed E-state index contributed by atoms with van der Waals surface area (Å²) >= 11 is 0. The fourth-order valence-corrected chi connectivity index (χ4v) is 1.51. The van der Waals surface area contributed by atoms with E-state index < -0.39 is 0 Å². The molecule has 0 fully saturated rings. The van der Waals surface area contributed by atoms with Crippen LogP contribution in [0.3, 0.4) is 0 Å². The first-order valence-corrected chi connectivity index (χ1v) is 4.76. The Balaban J connectivity index is 0.00000128. The molecule has 1 heterocycles. The van der Waals surface area contributed by atoms with Crippen molar-refractivity contribution >= 4 is 36.3 Å². The van der Waals surface area contributed by atoms with Crippen LogP contribution in [0.5, 0.6) is 0 Å². The highest BCUT2D eigenvalue weighted by atomic mass is 35.5. The lowest BCUT2D eigenvalue weighted by Gasteiger charge is -2.08. The van der Waals surface area contributed by atoms with Crippen molar-refractivity contribution in [2.24, 2.45) is 0 Å². The number of nitrogens with zero attached hydrogens (tertiary/aromatic N) is 2. The van der Waals surface area contributed by atoms with E-state index >= 15 is 0 Å². The molecule has 2 rings (SSSR count). The summed E-state index contributed by atoms with van der Waals surface area (Å²) < 4.78 is 1.66. The second kappa shape index (κ2) is 5.80. The van der Waals surface area contributed by atoms with Gasteiger partial charge >= 0.3 is 0 Å². The Morgan fingerprint density at radius 3 is 2.29 bits per heavy atom. The van der Waals surface area contributed by atoms with Crippen molar-refractivity contribution < 1.29 is 0 Å². The Labute approximate surface area is 113 Å². The van der Waals surface area contributed by atoms with Crippen LogP contribution in [0.1, 0.15) is 11.1 Å². The van der Waals surface area contributed by atoms with E-state index in [1.165, 1.54) is 5.56 Å². The van der Waals surface area contributed by atoms with Crippen molar-refractivity contribution in [3.8, 4) is 5.69 Å². The minimum Gasteiger partial charge on any atom is -0.394 e. The van der Waals surface area contributed by atoms with Crippen LogP contribution < -0.4 is 11.5 Å². The Kier molecular flexibility index (Phi) is 5.32. The highest BCUT2D eigenvalue weighted by Crippen LogP contribution is 2.21. The molecule has 6 heteroatoms. The number of nitrogens with two attached hydrogens (primary N) is 2. The van der Waals surface area contributed by atoms with E-state index in [0.29, 0.717) is 11.5 Å². The lowest BCUT2D eigenvalue weighted by atomic mass is 10.1. The van der Waals surface area contributed by atoms with Gasteiger partial charge in [-0.3, -0.25) is 0 Å². The van der Waals surface area contributed by atoms with Crippen molar-refractivity contribution in [2.45, 2.75) is 13.8 Å². The second-order valence-corrected chi connectivity index (χ2v) is 3.69. The molecule has 0 aliphatic rings. The standard InChI is InChI=1S/C11H14N4.2ClH/c1-7-3-4-8(2)10(5-7)15-11(13)9(12)6-14-15;;/h3-6H,12-13H2,1-2H3;2*1H. The monoisotopic (exact) mass is 274 g/mol. The number of aromatic nitrogens is 2. The summed E-state index contributed by atoms with van der Waals surface area (Å²) in [4.78, 5) is 0. The fraction of sp³-hybridized carbons (Fsp3) is 0.182. The van der Waals surface area contributed by atoms with Gasteiger partial charge in [0.2, 0.25) is 0 Å². The molecule has 0 amide bonds. The van der Waals surface area contributed by atoms with Crippen molar-refractivity contribution in [3.05, 3.63) is 35.5 Å². The first-order valence-electron chi connectivity index (χ1n) is 4.76. The first-order chi connectivity index (χ1) is 7.09. The number of hydrogen-bond acceptors (Lipinski definition) is 3. The predicted octanol–water partition coefficient (Wildman–Crippen LogP) is 2.50. The number of nitrogen functional groups attached to an aromatic ring is 2. The molecule has 17 heavy (non-hydrogen) atoms. The number of anilines is 2. The number of aryl methyl sites for hydroxylation is 2.